The third-order valence-electron chi connectivity index (χ3n) is 6.12. The number of carbonyl (C=O) groups is 2. The normalized spacial score (nSPS) is 11.5. The van der Waals surface area contributed by atoms with E-state index < -0.39 is 6.04 Å². The molecule has 3 aromatic rings. The number of hydrogen-bond acceptors (Lipinski definition) is 3. The number of nitrogens with zero attached hydrogens (tertiary/aromatic N) is 1. The lowest BCUT2D eigenvalue weighted by Gasteiger charge is -2.31. The molecule has 5 nitrogen and oxygen atoms in total. The summed E-state index contributed by atoms with van der Waals surface area (Å²) in [5.41, 5.74) is 3.20. The van der Waals surface area contributed by atoms with E-state index in [1.54, 1.807) is 4.90 Å². The van der Waals surface area contributed by atoms with Crippen LogP contribution in [0.1, 0.15) is 49.3 Å². The van der Waals surface area contributed by atoms with Crippen LogP contribution in [0.2, 0.25) is 0 Å². The van der Waals surface area contributed by atoms with E-state index in [1.807, 2.05) is 91.9 Å². The second-order valence-corrected chi connectivity index (χ2v) is 9.12. The Morgan fingerprint density at radius 1 is 0.861 bits per heavy atom. The summed E-state index contributed by atoms with van der Waals surface area (Å²) in [6, 6.07) is 27.1. The first-order valence-corrected chi connectivity index (χ1v) is 12.9. The van der Waals surface area contributed by atoms with Crippen LogP contribution in [0.3, 0.4) is 0 Å². The van der Waals surface area contributed by atoms with E-state index in [9.17, 15) is 9.59 Å². The van der Waals surface area contributed by atoms with Crippen molar-refractivity contribution in [2.75, 3.05) is 13.2 Å². The maximum atomic E-state index is 13.6. The Morgan fingerprint density at radius 3 is 2.19 bits per heavy atom. The molecular formula is C31H38N2O3. The quantitative estimate of drug-likeness (QED) is 0.297. The van der Waals surface area contributed by atoms with Crippen LogP contribution in [0.5, 0.6) is 5.75 Å². The number of unbranched alkanes of at least 4 members (excludes halogenated alkanes) is 1. The predicted octanol–water partition coefficient (Wildman–Crippen LogP) is 5.71. The molecule has 3 aromatic carbocycles. The minimum absolute atomic E-state index is 0.0428. The van der Waals surface area contributed by atoms with Crippen molar-refractivity contribution in [3.63, 3.8) is 0 Å². The first kappa shape index (κ1) is 27.0. The lowest BCUT2D eigenvalue weighted by Crippen LogP contribution is -2.50. The van der Waals surface area contributed by atoms with Crippen LogP contribution in [-0.2, 0) is 22.6 Å². The molecule has 0 fully saturated rings. The maximum Gasteiger partial charge on any atom is 0.243 e. The van der Waals surface area contributed by atoms with E-state index in [4.69, 9.17) is 4.74 Å². The number of rotatable bonds is 14. The molecule has 3 rings (SSSR count). The van der Waals surface area contributed by atoms with Crippen molar-refractivity contribution in [2.45, 2.75) is 58.5 Å². The fraction of sp³-hybridized carbons (Fsp3) is 0.355. The number of carbonyl (C=O) groups excluding carboxylic acids is 2. The van der Waals surface area contributed by atoms with Crippen LogP contribution >= 0.6 is 0 Å². The fourth-order valence-electron chi connectivity index (χ4n) is 4.02. The van der Waals surface area contributed by atoms with Gasteiger partial charge < -0.3 is 15.0 Å². The molecule has 0 aliphatic rings. The molecule has 190 valence electrons. The predicted molar refractivity (Wildman–Crippen MR) is 145 cm³/mol. The van der Waals surface area contributed by atoms with Crippen molar-refractivity contribution >= 4 is 11.8 Å². The smallest absolute Gasteiger partial charge is 0.243 e. The van der Waals surface area contributed by atoms with Gasteiger partial charge in [0.2, 0.25) is 11.8 Å². The molecule has 0 aliphatic heterocycles. The Kier molecular flexibility index (Phi) is 11.0. The Morgan fingerprint density at radius 2 is 1.53 bits per heavy atom. The zero-order valence-corrected chi connectivity index (χ0v) is 21.5. The summed E-state index contributed by atoms with van der Waals surface area (Å²) < 4.78 is 5.79. The summed E-state index contributed by atoms with van der Waals surface area (Å²) in [6.07, 6.45) is 3.26. The molecule has 0 aliphatic carbocycles. The van der Waals surface area contributed by atoms with Gasteiger partial charge in [0.05, 0.1) is 6.61 Å². The lowest BCUT2D eigenvalue weighted by atomic mass is 10.0. The molecule has 0 saturated carbocycles. The molecule has 1 N–H and O–H groups in total. The highest BCUT2D eigenvalue weighted by Gasteiger charge is 2.30. The summed E-state index contributed by atoms with van der Waals surface area (Å²) >= 11 is 0. The van der Waals surface area contributed by atoms with Crippen LogP contribution < -0.4 is 10.1 Å². The molecule has 0 radical (unpaired) electrons. The van der Waals surface area contributed by atoms with E-state index in [0.29, 0.717) is 39.0 Å². The summed E-state index contributed by atoms with van der Waals surface area (Å²) in [4.78, 5) is 28.7. The second kappa shape index (κ2) is 14.7. The summed E-state index contributed by atoms with van der Waals surface area (Å²) in [5.74, 6) is 0.644. The Bertz CT molecular complexity index is 1050. The average Bonchev–Trinajstić information content (AvgIpc) is 2.91. The minimum Gasteiger partial charge on any atom is -0.494 e. The topological polar surface area (TPSA) is 58.6 Å². The number of benzene rings is 3. The van der Waals surface area contributed by atoms with Gasteiger partial charge in [0.15, 0.2) is 0 Å². The zero-order valence-electron chi connectivity index (χ0n) is 21.5. The molecule has 0 spiro atoms. The summed E-state index contributed by atoms with van der Waals surface area (Å²) in [7, 11) is 0. The second-order valence-electron chi connectivity index (χ2n) is 9.12. The number of amides is 2. The van der Waals surface area contributed by atoms with Gasteiger partial charge in [-0.2, -0.15) is 0 Å². The average molecular weight is 487 g/mol. The van der Waals surface area contributed by atoms with Gasteiger partial charge in [-0.05, 0) is 43.0 Å². The van der Waals surface area contributed by atoms with Crippen LogP contribution in [0.25, 0.3) is 0 Å². The van der Waals surface area contributed by atoms with Crippen molar-refractivity contribution in [2.24, 2.45) is 0 Å². The maximum absolute atomic E-state index is 13.6. The van der Waals surface area contributed by atoms with E-state index >= 15 is 0 Å². The SMILES string of the molecule is CCCCNC(=O)[C@H](Cc1ccccc1)N(Cc1ccc(C)cc1)C(=O)CCCOc1ccccc1. The van der Waals surface area contributed by atoms with Gasteiger partial charge in [0.25, 0.3) is 0 Å². The van der Waals surface area contributed by atoms with Gasteiger partial charge in [0.1, 0.15) is 11.8 Å². The first-order chi connectivity index (χ1) is 17.6. The highest BCUT2D eigenvalue weighted by Crippen LogP contribution is 2.17. The molecular weight excluding hydrogens is 448 g/mol. The largest absolute Gasteiger partial charge is 0.494 e. The number of nitrogens with one attached hydrogen (secondary N) is 1. The van der Waals surface area contributed by atoms with Gasteiger partial charge in [-0.1, -0.05) is 91.7 Å². The van der Waals surface area contributed by atoms with Gasteiger partial charge in [-0.3, -0.25) is 9.59 Å². The van der Waals surface area contributed by atoms with Crippen LogP contribution in [-0.4, -0.2) is 35.9 Å². The lowest BCUT2D eigenvalue weighted by molar-refractivity contribution is -0.141. The third-order valence-corrected chi connectivity index (χ3v) is 6.12. The Labute approximate surface area is 215 Å². The Hall–Kier alpha value is -3.60. The summed E-state index contributed by atoms with van der Waals surface area (Å²) in [5, 5.41) is 3.07. The van der Waals surface area contributed by atoms with E-state index in [-0.39, 0.29) is 11.8 Å². The first-order valence-electron chi connectivity index (χ1n) is 12.9. The molecule has 0 aromatic heterocycles. The van der Waals surface area contributed by atoms with Crippen molar-refractivity contribution in [1.82, 2.24) is 10.2 Å². The number of hydrogen-bond donors (Lipinski definition) is 1. The fourth-order valence-corrected chi connectivity index (χ4v) is 4.02. The monoisotopic (exact) mass is 486 g/mol. The Balaban J connectivity index is 1.77. The highest BCUT2D eigenvalue weighted by atomic mass is 16.5. The molecule has 2 amide bonds. The zero-order chi connectivity index (χ0) is 25.6. The van der Waals surface area contributed by atoms with E-state index in [0.717, 1.165) is 35.3 Å². The molecule has 5 heteroatoms. The van der Waals surface area contributed by atoms with Crippen molar-refractivity contribution in [1.29, 1.82) is 0 Å². The van der Waals surface area contributed by atoms with E-state index in [2.05, 4.69) is 12.2 Å². The van der Waals surface area contributed by atoms with Gasteiger partial charge in [-0.15, -0.1) is 0 Å². The standard InChI is InChI=1S/C31H38N2O3/c1-3-4-21-32-31(35)29(23-26-12-7-5-8-13-26)33(24-27-19-17-25(2)18-20-27)30(34)16-11-22-36-28-14-9-6-10-15-28/h5-10,12-15,17-20,29H,3-4,11,16,21-24H2,1-2H3,(H,32,35)/t29-/m0/s1. The number of aryl methyl sites for hydroxylation is 1. The van der Waals surface area contributed by atoms with Crippen molar-refractivity contribution in [3.8, 4) is 5.75 Å². The number of ether oxygens (including phenoxy) is 1. The molecule has 0 bridgehead atoms. The van der Waals surface area contributed by atoms with Gasteiger partial charge in [0, 0.05) is 25.9 Å². The van der Waals surface area contributed by atoms with Crippen molar-refractivity contribution in [3.05, 3.63) is 102 Å². The van der Waals surface area contributed by atoms with Crippen LogP contribution in [0.15, 0.2) is 84.9 Å². The minimum atomic E-state index is -0.590. The summed E-state index contributed by atoms with van der Waals surface area (Å²) in [6.45, 7) is 5.58. The molecule has 0 saturated heterocycles. The molecule has 1 atom stereocenters. The molecule has 0 heterocycles. The van der Waals surface area contributed by atoms with Crippen LogP contribution in [0.4, 0.5) is 0 Å². The molecule has 36 heavy (non-hydrogen) atoms. The van der Waals surface area contributed by atoms with Crippen LogP contribution in [0, 0.1) is 6.92 Å². The highest BCUT2D eigenvalue weighted by molar-refractivity contribution is 5.88. The third kappa shape index (κ3) is 8.88. The number of para-hydroxylation sites is 1. The van der Waals surface area contributed by atoms with Gasteiger partial charge in [-0.25, -0.2) is 0 Å². The van der Waals surface area contributed by atoms with Crippen molar-refractivity contribution < 1.29 is 14.3 Å². The molecule has 0 unspecified atom stereocenters. The van der Waals surface area contributed by atoms with E-state index in [1.165, 1.54) is 0 Å². The van der Waals surface area contributed by atoms with Gasteiger partial charge >= 0.3 is 0 Å².